The number of aldehydes is 1. The maximum absolute atomic E-state index is 12.5. The number of rotatable bonds is 3. The number of alkyl halides is 3. The summed E-state index contributed by atoms with van der Waals surface area (Å²) in [5, 5.41) is 8.81. The standard InChI is InChI=1S/C11H6F3NO3S/c1-18-10(17)8-6(4-15)2-3-7(5-16)9(8)19-11(12,13)14/h2-3,5H,1H3. The van der Waals surface area contributed by atoms with Gasteiger partial charge in [0.15, 0.2) is 6.29 Å². The molecule has 0 aromatic heterocycles. The fourth-order valence-electron chi connectivity index (χ4n) is 1.32. The number of benzene rings is 1. The third-order valence-electron chi connectivity index (χ3n) is 2.04. The molecule has 1 aromatic carbocycles. The van der Waals surface area contributed by atoms with Gasteiger partial charge in [-0.25, -0.2) is 4.79 Å². The summed E-state index contributed by atoms with van der Waals surface area (Å²) in [6, 6.07) is 3.73. The van der Waals surface area contributed by atoms with Crippen LogP contribution in [-0.2, 0) is 4.74 Å². The first-order chi connectivity index (χ1) is 8.84. The molecule has 100 valence electrons. The van der Waals surface area contributed by atoms with Gasteiger partial charge in [0.2, 0.25) is 0 Å². The van der Waals surface area contributed by atoms with E-state index >= 15 is 0 Å². The van der Waals surface area contributed by atoms with Crippen molar-refractivity contribution in [3.05, 3.63) is 28.8 Å². The summed E-state index contributed by atoms with van der Waals surface area (Å²) in [5.41, 5.74) is -5.88. The van der Waals surface area contributed by atoms with Gasteiger partial charge in [0.25, 0.3) is 0 Å². The highest BCUT2D eigenvalue weighted by molar-refractivity contribution is 8.00. The molecule has 0 aliphatic heterocycles. The van der Waals surface area contributed by atoms with E-state index in [4.69, 9.17) is 5.26 Å². The van der Waals surface area contributed by atoms with Crippen LogP contribution in [0, 0.1) is 11.3 Å². The van der Waals surface area contributed by atoms with Crippen molar-refractivity contribution in [1.29, 1.82) is 5.26 Å². The van der Waals surface area contributed by atoms with E-state index in [2.05, 4.69) is 4.74 Å². The number of hydrogen-bond acceptors (Lipinski definition) is 5. The van der Waals surface area contributed by atoms with Gasteiger partial charge in [0, 0.05) is 10.5 Å². The molecule has 0 fully saturated rings. The predicted molar refractivity (Wildman–Crippen MR) is 59.8 cm³/mol. The maximum atomic E-state index is 12.5. The first-order valence-corrected chi connectivity index (χ1v) is 5.52. The molecule has 0 aliphatic rings. The average molecular weight is 289 g/mol. The van der Waals surface area contributed by atoms with Gasteiger partial charge in [-0.3, -0.25) is 4.79 Å². The van der Waals surface area contributed by atoms with Crippen LogP contribution in [0.2, 0.25) is 0 Å². The number of methoxy groups -OCH3 is 1. The van der Waals surface area contributed by atoms with Gasteiger partial charge in [-0.1, -0.05) is 0 Å². The molecule has 0 amide bonds. The highest BCUT2D eigenvalue weighted by atomic mass is 32.2. The van der Waals surface area contributed by atoms with Gasteiger partial charge in [0.05, 0.1) is 18.2 Å². The van der Waals surface area contributed by atoms with Crippen LogP contribution in [0.1, 0.15) is 26.3 Å². The van der Waals surface area contributed by atoms with E-state index < -0.39 is 33.7 Å². The molecule has 0 bridgehead atoms. The van der Waals surface area contributed by atoms with E-state index in [1.165, 1.54) is 0 Å². The quantitative estimate of drug-likeness (QED) is 0.486. The Balaban J connectivity index is 3.58. The molecule has 0 atom stereocenters. The van der Waals surface area contributed by atoms with Gasteiger partial charge >= 0.3 is 11.5 Å². The van der Waals surface area contributed by atoms with E-state index in [0.717, 1.165) is 19.2 Å². The van der Waals surface area contributed by atoms with Gasteiger partial charge < -0.3 is 4.74 Å². The number of esters is 1. The molecule has 0 unspecified atom stereocenters. The zero-order valence-electron chi connectivity index (χ0n) is 9.45. The van der Waals surface area contributed by atoms with Gasteiger partial charge in [-0.2, -0.15) is 18.4 Å². The fraction of sp³-hybridized carbons (Fsp3) is 0.182. The Morgan fingerprint density at radius 2 is 2.11 bits per heavy atom. The average Bonchev–Trinajstić information content (AvgIpc) is 2.35. The largest absolute Gasteiger partial charge is 0.465 e. The van der Waals surface area contributed by atoms with Gasteiger partial charge in [0.1, 0.15) is 6.07 Å². The summed E-state index contributed by atoms with van der Waals surface area (Å²) in [7, 11) is 0.971. The van der Waals surface area contributed by atoms with Crippen LogP contribution in [0.4, 0.5) is 13.2 Å². The monoisotopic (exact) mass is 289 g/mol. The van der Waals surface area contributed by atoms with Crippen molar-refractivity contribution < 1.29 is 27.5 Å². The first kappa shape index (κ1) is 15.0. The van der Waals surface area contributed by atoms with Crippen molar-refractivity contribution in [2.75, 3.05) is 7.11 Å². The summed E-state index contributed by atoms with van der Waals surface area (Å²) >= 11 is -0.631. The van der Waals surface area contributed by atoms with Crippen LogP contribution < -0.4 is 0 Å². The molecule has 0 radical (unpaired) electrons. The number of nitrogens with zero attached hydrogens (tertiary/aromatic N) is 1. The molecular formula is C11H6F3NO3S. The van der Waals surface area contributed by atoms with E-state index in [1.807, 2.05) is 0 Å². The highest BCUT2D eigenvalue weighted by Gasteiger charge is 2.34. The van der Waals surface area contributed by atoms with Crippen molar-refractivity contribution in [3.8, 4) is 6.07 Å². The van der Waals surface area contributed by atoms with Crippen molar-refractivity contribution >= 4 is 24.0 Å². The molecule has 0 spiro atoms. The minimum atomic E-state index is -4.70. The number of halogens is 3. The second-order valence-corrected chi connectivity index (χ2v) is 4.25. The predicted octanol–water partition coefficient (Wildman–Crippen LogP) is 2.77. The minimum Gasteiger partial charge on any atom is -0.465 e. The Hall–Kier alpha value is -2.01. The molecular weight excluding hydrogens is 283 g/mol. The Labute approximate surface area is 110 Å². The summed E-state index contributed by atoms with van der Waals surface area (Å²) < 4.78 is 41.7. The number of thioether (sulfide) groups is 1. The summed E-state index contributed by atoms with van der Waals surface area (Å²) in [5.74, 6) is -1.10. The number of carbonyl (C=O) groups is 2. The normalized spacial score (nSPS) is 10.7. The second-order valence-electron chi connectivity index (χ2n) is 3.18. The Bertz CT molecular complexity index is 564. The topological polar surface area (TPSA) is 67.2 Å². The lowest BCUT2D eigenvalue weighted by molar-refractivity contribution is -0.0328. The van der Waals surface area contributed by atoms with Crippen LogP contribution in [0.3, 0.4) is 0 Å². The Kier molecular flexibility index (Phi) is 4.56. The van der Waals surface area contributed by atoms with Crippen molar-refractivity contribution in [3.63, 3.8) is 0 Å². The first-order valence-electron chi connectivity index (χ1n) is 4.70. The number of hydrogen-bond donors (Lipinski definition) is 0. The lowest BCUT2D eigenvalue weighted by Crippen LogP contribution is -2.11. The summed E-state index contributed by atoms with van der Waals surface area (Å²) in [6.07, 6.45) is 0.182. The zero-order valence-corrected chi connectivity index (χ0v) is 10.3. The lowest BCUT2D eigenvalue weighted by atomic mass is 10.1. The maximum Gasteiger partial charge on any atom is 0.446 e. The van der Waals surface area contributed by atoms with Gasteiger partial charge in [-0.15, -0.1) is 0 Å². The Morgan fingerprint density at radius 1 is 1.47 bits per heavy atom. The molecule has 1 aromatic rings. The lowest BCUT2D eigenvalue weighted by Gasteiger charge is -2.13. The van der Waals surface area contributed by atoms with E-state index in [1.54, 1.807) is 6.07 Å². The van der Waals surface area contributed by atoms with Crippen LogP contribution in [-0.4, -0.2) is 24.9 Å². The van der Waals surface area contributed by atoms with Crippen LogP contribution >= 0.6 is 11.8 Å². The van der Waals surface area contributed by atoms with Gasteiger partial charge in [-0.05, 0) is 23.9 Å². The summed E-state index contributed by atoms with van der Waals surface area (Å²) in [6.45, 7) is 0. The third kappa shape index (κ3) is 3.48. The SMILES string of the molecule is COC(=O)c1c(C#N)ccc(C=O)c1SC(F)(F)F. The smallest absolute Gasteiger partial charge is 0.446 e. The van der Waals surface area contributed by atoms with Crippen LogP contribution in [0.25, 0.3) is 0 Å². The molecule has 0 aliphatic carbocycles. The fourth-order valence-corrected chi connectivity index (χ4v) is 2.08. The van der Waals surface area contributed by atoms with E-state index in [-0.39, 0.29) is 17.4 Å². The molecule has 0 saturated carbocycles. The molecule has 0 N–H and O–H groups in total. The zero-order chi connectivity index (χ0) is 14.6. The second kappa shape index (κ2) is 5.75. The summed E-state index contributed by atoms with van der Waals surface area (Å²) in [4.78, 5) is 21.6. The van der Waals surface area contributed by atoms with E-state index in [0.29, 0.717) is 0 Å². The van der Waals surface area contributed by atoms with Crippen molar-refractivity contribution in [2.45, 2.75) is 10.4 Å². The molecule has 1 rings (SSSR count). The van der Waals surface area contributed by atoms with E-state index in [9.17, 15) is 22.8 Å². The molecule has 19 heavy (non-hydrogen) atoms. The third-order valence-corrected chi connectivity index (χ3v) is 2.92. The van der Waals surface area contributed by atoms with Crippen molar-refractivity contribution in [2.24, 2.45) is 0 Å². The van der Waals surface area contributed by atoms with Crippen LogP contribution in [0.15, 0.2) is 17.0 Å². The highest BCUT2D eigenvalue weighted by Crippen LogP contribution is 2.41. The number of carbonyl (C=O) groups excluding carboxylic acids is 2. The minimum absolute atomic E-state index is 0.182. The number of ether oxygens (including phenoxy) is 1. The molecule has 0 saturated heterocycles. The number of nitriles is 1. The van der Waals surface area contributed by atoms with Crippen LogP contribution in [0.5, 0.6) is 0 Å². The molecule has 4 nitrogen and oxygen atoms in total. The molecule has 8 heteroatoms. The molecule has 0 heterocycles. The Morgan fingerprint density at radius 3 is 2.53 bits per heavy atom. The van der Waals surface area contributed by atoms with Crippen molar-refractivity contribution in [1.82, 2.24) is 0 Å².